The van der Waals surface area contributed by atoms with E-state index >= 15 is 0 Å². The second kappa shape index (κ2) is 8.07. The lowest BCUT2D eigenvalue weighted by Gasteiger charge is -2.32. The lowest BCUT2D eigenvalue weighted by Crippen LogP contribution is -2.34. The number of hydrogen-bond donors (Lipinski definition) is 1. The highest BCUT2D eigenvalue weighted by molar-refractivity contribution is 5.55. The fourth-order valence-corrected chi connectivity index (χ4v) is 4.66. The normalized spacial score (nSPS) is 17.2. The van der Waals surface area contributed by atoms with Crippen molar-refractivity contribution in [1.82, 2.24) is 24.6 Å². The molecule has 0 amide bonds. The standard InChI is InChI=1S/C23H29N7/c1-17-20(16-28-13-10-21-18(15-28)14-25-23(24)26-21)22(29-11-6-3-7-12-29)30(27-17)19-8-4-2-5-9-19/h2,4-5,8-9,14H,3,6-7,10-13,15-16H2,1H3,(H2,24,25,26). The summed E-state index contributed by atoms with van der Waals surface area (Å²) in [7, 11) is 0. The predicted octanol–water partition coefficient (Wildman–Crippen LogP) is 3.10. The topological polar surface area (TPSA) is 76.1 Å². The average Bonchev–Trinajstić information content (AvgIpc) is 3.11. The van der Waals surface area contributed by atoms with Crippen molar-refractivity contribution in [2.75, 3.05) is 30.3 Å². The van der Waals surface area contributed by atoms with E-state index in [0.717, 1.165) is 56.2 Å². The Labute approximate surface area is 177 Å². The van der Waals surface area contributed by atoms with Crippen LogP contribution in [0.15, 0.2) is 36.5 Å². The zero-order valence-electron chi connectivity index (χ0n) is 17.6. The predicted molar refractivity (Wildman–Crippen MR) is 119 cm³/mol. The molecule has 2 aliphatic heterocycles. The number of piperidine rings is 1. The van der Waals surface area contributed by atoms with Crippen molar-refractivity contribution < 1.29 is 0 Å². The molecule has 0 atom stereocenters. The summed E-state index contributed by atoms with van der Waals surface area (Å²) >= 11 is 0. The van der Waals surface area contributed by atoms with Crippen LogP contribution in [0, 0.1) is 6.92 Å². The molecular formula is C23H29N7. The zero-order valence-corrected chi connectivity index (χ0v) is 17.6. The van der Waals surface area contributed by atoms with Crippen LogP contribution in [0.25, 0.3) is 5.69 Å². The number of rotatable bonds is 4. The summed E-state index contributed by atoms with van der Waals surface area (Å²) in [4.78, 5) is 13.6. The van der Waals surface area contributed by atoms with Gasteiger partial charge in [-0.15, -0.1) is 0 Å². The number of benzene rings is 1. The highest BCUT2D eigenvalue weighted by Crippen LogP contribution is 2.32. The van der Waals surface area contributed by atoms with Crippen LogP contribution in [0.2, 0.25) is 0 Å². The first-order valence-corrected chi connectivity index (χ1v) is 10.9. The van der Waals surface area contributed by atoms with Crippen LogP contribution in [0.3, 0.4) is 0 Å². The molecule has 3 aromatic rings. The molecule has 0 aliphatic carbocycles. The minimum atomic E-state index is 0.370. The van der Waals surface area contributed by atoms with Gasteiger partial charge in [-0.1, -0.05) is 18.2 Å². The molecule has 5 rings (SSSR count). The lowest BCUT2D eigenvalue weighted by atomic mass is 10.1. The van der Waals surface area contributed by atoms with Gasteiger partial charge in [-0.05, 0) is 38.3 Å². The van der Waals surface area contributed by atoms with Gasteiger partial charge in [-0.3, -0.25) is 4.90 Å². The van der Waals surface area contributed by atoms with Gasteiger partial charge in [0.2, 0.25) is 5.95 Å². The molecule has 2 aliphatic rings. The number of aryl methyl sites for hydroxylation is 1. The van der Waals surface area contributed by atoms with E-state index in [0.29, 0.717) is 5.95 Å². The fourth-order valence-electron chi connectivity index (χ4n) is 4.66. The third-order valence-electron chi connectivity index (χ3n) is 6.23. The average molecular weight is 404 g/mol. The van der Waals surface area contributed by atoms with E-state index in [-0.39, 0.29) is 0 Å². The maximum Gasteiger partial charge on any atom is 0.220 e. The summed E-state index contributed by atoms with van der Waals surface area (Å²) in [5.74, 6) is 1.63. The first kappa shape index (κ1) is 19.1. The summed E-state index contributed by atoms with van der Waals surface area (Å²) in [5.41, 5.74) is 11.6. The number of nitrogen functional groups attached to an aromatic ring is 1. The number of nitrogens with zero attached hydrogens (tertiary/aromatic N) is 6. The Morgan fingerprint density at radius 3 is 2.63 bits per heavy atom. The van der Waals surface area contributed by atoms with Crippen LogP contribution in [0.4, 0.5) is 11.8 Å². The van der Waals surface area contributed by atoms with Crippen LogP contribution in [-0.2, 0) is 19.5 Å². The van der Waals surface area contributed by atoms with Gasteiger partial charge in [-0.25, -0.2) is 14.6 Å². The molecule has 7 nitrogen and oxygen atoms in total. The van der Waals surface area contributed by atoms with E-state index in [1.807, 2.05) is 6.20 Å². The maximum absolute atomic E-state index is 5.77. The van der Waals surface area contributed by atoms with E-state index in [2.05, 4.69) is 61.7 Å². The van der Waals surface area contributed by atoms with Crippen LogP contribution >= 0.6 is 0 Å². The Balaban J connectivity index is 1.48. The number of fused-ring (bicyclic) bond motifs is 1. The first-order valence-electron chi connectivity index (χ1n) is 10.9. The van der Waals surface area contributed by atoms with Crippen molar-refractivity contribution in [1.29, 1.82) is 0 Å². The number of para-hydroxylation sites is 1. The number of anilines is 2. The minimum absolute atomic E-state index is 0.370. The monoisotopic (exact) mass is 403 g/mol. The highest BCUT2D eigenvalue weighted by Gasteiger charge is 2.26. The highest BCUT2D eigenvalue weighted by atomic mass is 15.4. The van der Waals surface area contributed by atoms with Gasteiger partial charge >= 0.3 is 0 Å². The van der Waals surface area contributed by atoms with Gasteiger partial charge in [0.05, 0.1) is 17.1 Å². The summed E-state index contributed by atoms with van der Waals surface area (Å²) in [6.07, 6.45) is 6.60. The largest absolute Gasteiger partial charge is 0.368 e. The van der Waals surface area contributed by atoms with Gasteiger partial charge in [0, 0.05) is 56.5 Å². The summed E-state index contributed by atoms with van der Waals surface area (Å²) in [6.45, 7) is 7.05. The van der Waals surface area contributed by atoms with Crippen LogP contribution in [-0.4, -0.2) is 44.3 Å². The van der Waals surface area contributed by atoms with E-state index in [1.54, 1.807) is 0 Å². The van der Waals surface area contributed by atoms with Crippen LogP contribution < -0.4 is 10.6 Å². The van der Waals surface area contributed by atoms with Crippen molar-refractivity contribution in [2.45, 2.75) is 45.7 Å². The summed E-state index contributed by atoms with van der Waals surface area (Å²) < 4.78 is 2.15. The number of hydrogen-bond acceptors (Lipinski definition) is 6. The molecule has 0 saturated carbocycles. The van der Waals surface area contributed by atoms with E-state index in [1.165, 1.54) is 36.2 Å². The molecule has 0 radical (unpaired) electrons. The van der Waals surface area contributed by atoms with Crippen molar-refractivity contribution in [3.8, 4) is 5.69 Å². The molecule has 2 aromatic heterocycles. The van der Waals surface area contributed by atoms with E-state index in [4.69, 9.17) is 10.8 Å². The smallest absolute Gasteiger partial charge is 0.220 e. The van der Waals surface area contributed by atoms with Gasteiger partial charge < -0.3 is 10.6 Å². The Kier molecular flexibility index (Phi) is 5.12. The third-order valence-corrected chi connectivity index (χ3v) is 6.23. The Morgan fingerprint density at radius 1 is 1.03 bits per heavy atom. The van der Waals surface area contributed by atoms with Crippen LogP contribution in [0.5, 0.6) is 0 Å². The number of nitrogens with two attached hydrogens (primary N) is 1. The molecule has 1 aromatic carbocycles. The molecule has 1 saturated heterocycles. The first-order chi connectivity index (χ1) is 14.7. The minimum Gasteiger partial charge on any atom is -0.368 e. The van der Waals surface area contributed by atoms with E-state index in [9.17, 15) is 0 Å². The fraction of sp³-hybridized carbons (Fsp3) is 0.435. The molecular weight excluding hydrogens is 374 g/mol. The van der Waals surface area contributed by atoms with Crippen molar-refractivity contribution in [3.63, 3.8) is 0 Å². The van der Waals surface area contributed by atoms with Gasteiger partial charge in [0.15, 0.2) is 0 Å². The van der Waals surface area contributed by atoms with Crippen LogP contribution in [0.1, 0.15) is 41.8 Å². The molecule has 1 fully saturated rings. The second-order valence-electron chi connectivity index (χ2n) is 8.34. The second-order valence-corrected chi connectivity index (χ2v) is 8.34. The van der Waals surface area contributed by atoms with Gasteiger partial charge in [-0.2, -0.15) is 5.10 Å². The molecule has 0 spiro atoms. The van der Waals surface area contributed by atoms with Gasteiger partial charge in [0.1, 0.15) is 5.82 Å². The molecule has 0 bridgehead atoms. The summed E-state index contributed by atoms with van der Waals surface area (Å²) in [5, 5.41) is 4.98. The number of aromatic nitrogens is 4. The third kappa shape index (κ3) is 3.65. The summed E-state index contributed by atoms with van der Waals surface area (Å²) in [6, 6.07) is 10.5. The molecule has 2 N–H and O–H groups in total. The SMILES string of the molecule is Cc1nn(-c2ccccc2)c(N2CCCCC2)c1CN1CCc2nc(N)ncc2C1. The van der Waals surface area contributed by atoms with E-state index < -0.39 is 0 Å². The molecule has 0 unspecified atom stereocenters. The Morgan fingerprint density at radius 2 is 1.83 bits per heavy atom. The molecule has 156 valence electrons. The Bertz CT molecular complexity index is 1020. The molecule has 30 heavy (non-hydrogen) atoms. The van der Waals surface area contributed by atoms with Gasteiger partial charge in [0.25, 0.3) is 0 Å². The van der Waals surface area contributed by atoms with Crippen molar-refractivity contribution in [3.05, 3.63) is 59.0 Å². The van der Waals surface area contributed by atoms with Crippen molar-refractivity contribution in [2.24, 2.45) is 0 Å². The zero-order chi connectivity index (χ0) is 20.5. The quantitative estimate of drug-likeness (QED) is 0.721. The Hall–Kier alpha value is -2.93. The van der Waals surface area contributed by atoms with Crippen molar-refractivity contribution >= 4 is 11.8 Å². The molecule has 7 heteroatoms. The maximum atomic E-state index is 5.77. The molecule has 4 heterocycles. The lowest BCUT2D eigenvalue weighted by molar-refractivity contribution is 0.242.